The summed E-state index contributed by atoms with van der Waals surface area (Å²) >= 11 is 0. The maximum atomic E-state index is 12.1. The van der Waals surface area contributed by atoms with Crippen LogP contribution in [0.3, 0.4) is 0 Å². The smallest absolute Gasteiger partial charge is 0.314 e. The topological polar surface area (TPSA) is 68.3 Å². The van der Waals surface area contributed by atoms with Crippen LogP contribution in [0.2, 0.25) is 0 Å². The second kappa shape index (κ2) is 3.81. The Hall–Kier alpha value is -0.650. The van der Waals surface area contributed by atoms with Crippen LogP contribution >= 0.6 is 0 Å². The van der Waals surface area contributed by atoms with Gasteiger partial charge < -0.3 is 19.3 Å². The van der Waals surface area contributed by atoms with Gasteiger partial charge in [-0.15, -0.1) is 0 Å². The summed E-state index contributed by atoms with van der Waals surface area (Å²) in [6, 6.07) is 0. The van der Waals surface area contributed by atoms with Gasteiger partial charge >= 0.3 is 5.97 Å². The summed E-state index contributed by atoms with van der Waals surface area (Å²) in [5.41, 5.74) is -1.06. The van der Waals surface area contributed by atoms with Gasteiger partial charge in [-0.25, -0.2) is 0 Å². The fourth-order valence-corrected chi connectivity index (χ4v) is 5.28. The van der Waals surface area contributed by atoms with Crippen LogP contribution in [-0.4, -0.2) is 41.8 Å². The third-order valence-corrected chi connectivity index (χ3v) is 6.48. The lowest BCUT2D eigenvalue weighted by molar-refractivity contribution is -0.156. The Morgan fingerprint density at radius 3 is 2.62 bits per heavy atom. The van der Waals surface area contributed by atoms with E-state index in [0.29, 0.717) is 6.42 Å². The number of hydrogen-bond acceptors (Lipinski definition) is 5. The van der Waals surface area contributed by atoms with Gasteiger partial charge in [-0.3, -0.25) is 4.79 Å². The Labute approximate surface area is 124 Å². The Kier molecular flexibility index (Phi) is 2.54. The number of rotatable bonds is 1. The molecule has 2 saturated carbocycles. The Bertz CT molecular complexity index is 503. The van der Waals surface area contributed by atoms with E-state index in [-0.39, 0.29) is 23.2 Å². The number of methoxy groups -OCH3 is 1. The Morgan fingerprint density at radius 1 is 1.24 bits per heavy atom. The number of esters is 1. The van der Waals surface area contributed by atoms with Crippen molar-refractivity contribution in [2.75, 3.05) is 7.11 Å². The quantitative estimate of drug-likeness (QED) is 0.586. The lowest BCUT2D eigenvalue weighted by atomic mass is 9.77. The molecule has 0 aromatic heterocycles. The first-order chi connectivity index (χ1) is 9.73. The van der Waals surface area contributed by atoms with Gasteiger partial charge in [0.05, 0.1) is 17.6 Å². The molecule has 1 spiro atoms. The standard InChI is InChI=1S/C16H24O5/c1-14(2)5-8-9(6-14)15(3,19-4)7-10-12(18)20-13-16(10,21-13)11(8)17/h8-11,13,17H,5-7H2,1-4H3/t8-,9+,10-,11+,13-,15+,16+/m1/s1. The molecule has 0 aromatic carbocycles. The minimum absolute atomic E-state index is 0.0921. The molecule has 118 valence electrons. The number of carbonyl (C=O) groups is 1. The van der Waals surface area contributed by atoms with Crippen molar-refractivity contribution in [3.63, 3.8) is 0 Å². The summed E-state index contributed by atoms with van der Waals surface area (Å²) in [7, 11) is 1.71. The molecule has 0 unspecified atom stereocenters. The summed E-state index contributed by atoms with van der Waals surface area (Å²) in [6.45, 7) is 6.54. The fourth-order valence-electron chi connectivity index (χ4n) is 5.28. The van der Waals surface area contributed by atoms with E-state index < -0.39 is 29.5 Å². The number of epoxide rings is 1. The predicted octanol–water partition coefficient (Wildman–Crippen LogP) is 1.48. The molecule has 2 saturated heterocycles. The van der Waals surface area contributed by atoms with Crippen LogP contribution in [0.25, 0.3) is 0 Å². The van der Waals surface area contributed by atoms with E-state index in [9.17, 15) is 9.90 Å². The summed E-state index contributed by atoms with van der Waals surface area (Å²) in [6.07, 6.45) is 1.29. The normalized spacial score (nSPS) is 57.0. The first kappa shape index (κ1) is 14.0. The van der Waals surface area contributed by atoms with Gasteiger partial charge in [0.2, 0.25) is 6.29 Å². The molecule has 2 aliphatic carbocycles. The molecule has 0 amide bonds. The molecule has 2 heterocycles. The van der Waals surface area contributed by atoms with E-state index in [0.717, 1.165) is 12.8 Å². The van der Waals surface area contributed by atoms with Gasteiger partial charge in [-0.2, -0.15) is 0 Å². The molecule has 1 N–H and O–H groups in total. The van der Waals surface area contributed by atoms with Gasteiger partial charge in [0.25, 0.3) is 0 Å². The second-order valence-electron chi connectivity index (χ2n) is 8.30. The van der Waals surface area contributed by atoms with Crippen molar-refractivity contribution in [2.24, 2.45) is 23.2 Å². The SMILES string of the molecule is CO[C@@]1(C)C[C@@H]2C(=O)O[C@@H]3O[C@@]32[C@@H](O)[C@@H]2CC(C)(C)C[C@@H]21. The predicted molar refractivity (Wildman–Crippen MR) is 73.2 cm³/mol. The maximum Gasteiger partial charge on any atom is 0.314 e. The van der Waals surface area contributed by atoms with Crippen molar-refractivity contribution < 1.29 is 24.1 Å². The second-order valence-corrected chi connectivity index (χ2v) is 8.30. The molecule has 0 aromatic rings. The highest BCUT2D eigenvalue weighted by molar-refractivity contribution is 5.79. The van der Waals surface area contributed by atoms with Crippen molar-refractivity contribution in [1.82, 2.24) is 0 Å². The van der Waals surface area contributed by atoms with Crippen molar-refractivity contribution >= 4 is 5.97 Å². The molecule has 5 heteroatoms. The molecule has 4 rings (SSSR count). The van der Waals surface area contributed by atoms with Gasteiger partial charge in [0.15, 0.2) is 5.60 Å². The van der Waals surface area contributed by atoms with Crippen molar-refractivity contribution in [3.05, 3.63) is 0 Å². The lowest BCUT2D eigenvalue weighted by Crippen LogP contribution is -2.42. The lowest BCUT2D eigenvalue weighted by Gasteiger charge is -2.37. The molecule has 2 aliphatic heterocycles. The summed E-state index contributed by atoms with van der Waals surface area (Å²) in [4.78, 5) is 12.1. The summed E-state index contributed by atoms with van der Waals surface area (Å²) in [5, 5.41) is 11.0. The summed E-state index contributed by atoms with van der Waals surface area (Å²) < 4.78 is 16.8. The first-order valence-corrected chi connectivity index (χ1v) is 7.85. The Morgan fingerprint density at radius 2 is 1.95 bits per heavy atom. The van der Waals surface area contributed by atoms with Crippen LogP contribution in [0.15, 0.2) is 0 Å². The molecule has 5 nitrogen and oxygen atoms in total. The average molecular weight is 296 g/mol. The van der Waals surface area contributed by atoms with E-state index in [2.05, 4.69) is 20.8 Å². The largest absolute Gasteiger partial charge is 0.432 e. The van der Waals surface area contributed by atoms with Gasteiger partial charge in [-0.05, 0) is 43.4 Å². The molecule has 21 heavy (non-hydrogen) atoms. The number of aliphatic hydroxyl groups excluding tert-OH is 1. The first-order valence-electron chi connectivity index (χ1n) is 7.85. The van der Waals surface area contributed by atoms with Crippen molar-refractivity contribution in [1.29, 1.82) is 0 Å². The van der Waals surface area contributed by atoms with Crippen LogP contribution in [0.5, 0.6) is 0 Å². The molecular weight excluding hydrogens is 272 g/mol. The van der Waals surface area contributed by atoms with Crippen molar-refractivity contribution in [2.45, 2.75) is 63.6 Å². The third kappa shape index (κ3) is 1.60. The van der Waals surface area contributed by atoms with Crippen LogP contribution < -0.4 is 0 Å². The summed E-state index contributed by atoms with van der Waals surface area (Å²) in [5.74, 6) is -0.316. The number of carbonyl (C=O) groups excluding carboxylic acids is 1. The highest BCUT2D eigenvalue weighted by atomic mass is 16.8. The molecule has 4 aliphatic rings. The highest BCUT2D eigenvalue weighted by Crippen LogP contribution is 2.64. The number of hydrogen-bond donors (Lipinski definition) is 1. The maximum absolute atomic E-state index is 12.1. The number of ether oxygens (including phenoxy) is 3. The third-order valence-electron chi connectivity index (χ3n) is 6.48. The highest BCUT2D eigenvalue weighted by Gasteiger charge is 2.79. The van der Waals surface area contributed by atoms with E-state index >= 15 is 0 Å². The number of fused-ring (bicyclic) bond motifs is 1. The zero-order chi connectivity index (χ0) is 15.2. The zero-order valence-electron chi connectivity index (χ0n) is 13.1. The van der Waals surface area contributed by atoms with E-state index in [1.54, 1.807) is 7.11 Å². The van der Waals surface area contributed by atoms with Gasteiger partial charge in [-0.1, -0.05) is 13.8 Å². The minimum atomic E-state index is -0.809. The van der Waals surface area contributed by atoms with Crippen LogP contribution in [0.1, 0.15) is 40.0 Å². The molecule has 4 fully saturated rings. The van der Waals surface area contributed by atoms with Crippen molar-refractivity contribution in [3.8, 4) is 0 Å². The fraction of sp³-hybridized carbons (Fsp3) is 0.938. The van der Waals surface area contributed by atoms with E-state index in [1.165, 1.54) is 0 Å². The van der Waals surface area contributed by atoms with Crippen LogP contribution in [-0.2, 0) is 19.0 Å². The minimum Gasteiger partial charge on any atom is -0.432 e. The average Bonchev–Trinajstić information content (AvgIpc) is 2.94. The monoisotopic (exact) mass is 296 g/mol. The van der Waals surface area contributed by atoms with Gasteiger partial charge in [0, 0.05) is 7.11 Å². The van der Waals surface area contributed by atoms with Crippen LogP contribution in [0.4, 0.5) is 0 Å². The molecule has 7 atom stereocenters. The van der Waals surface area contributed by atoms with Gasteiger partial charge in [0.1, 0.15) is 0 Å². The zero-order valence-corrected chi connectivity index (χ0v) is 13.1. The molecular formula is C16H24O5. The molecule has 0 bridgehead atoms. The Balaban J connectivity index is 1.79. The van der Waals surface area contributed by atoms with E-state index in [4.69, 9.17) is 14.2 Å². The van der Waals surface area contributed by atoms with E-state index in [1.807, 2.05) is 0 Å². The number of aliphatic hydroxyl groups is 1. The van der Waals surface area contributed by atoms with Crippen LogP contribution in [0, 0.1) is 23.2 Å². The molecule has 0 radical (unpaired) electrons.